The normalized spacial score (nSPS) is 15.2. The highest BCUT2D eigenvalue weighted by Crippen LogP contribution is 2.30. The summed E-state index contributed by atoms with van der Waals surface area (Å²) < 4.78 is 5.51. The SMILES string of the molecule is CC(C)(C)CC(=O)N1CCN(c2nc(-c3ccco3)nc3cc(Cl)ccc23)CC1. The lowest BCUT2D eigenvalue weighted by molar-refractivity contribution is -0.133. The fourth-order valence-corrected chi connectivity index (χ4v) is 3.74. The summed E-state index contributed by atoms with van der Waals surface area (Å²) in [5.74, 6) is 2.21. The Morgan fingerprint density at radius 1 is 1.14 bits per heavy atom. The van der Waals surface area contributed by atoms with Crippen molar-refractivity contribution in [1.29, 1.82) is 0 Å². The highest BCUT2D eigenvalue weighted by molar-refractivity contribution is 6.31. The second-order valence-electron chi connectivity index (χ2n) is 8.61. The number of nitrogens with zero attached hydrogens (tertiary/aromatic N) is 4. The molecule has 1 amide bonds. The Morgan fingerprint density at radius 3 is 2.55 bits per heavy atom. The van der Waals surface area contributed by atoms with Gasteiger partial charge < -0.3 is 14.2 Å². The van der Waals surface area contributed by atoms with Crippen molar-refractivity contribution in [1.82, 2.24) is 14.9 Å². The molecule has 3 heterocycles. The van der Waals surface area contributed by atoms with Crippen LogP contribution in [0.3, 0.4) is 0 Å². The molecule has 1 aliphatic rings. The van der Waals surface area contributed by atoms with Crippen molar-refractivity contribution in [3.05, 3.63) is 41.6 Å². The first-order chi connectivity index (χ1) is 13.8. The van der Waals surface area contributed by atoms with E-state index in [4.69, 9.17) is 21.0 Å². The van der Waals surface area contributed by atoms with Crippen molar-refractivity contribution < 1.29 is 9.21 Å². The maximum Gasteiger partial charge on any atom is 0.223 e. The number of anilines is 1. The molecule has 7 heteroatoms. The fourth-order valence-electron chi connectivity index (χ4n) is 3.58. The smallest absolute Gasteiger partial charge is 0.223 e. The van der Waals surface area contributed by atoms with Gasteiger partial charge in [-0.2, -0.15) is 0 Å². The number of fused-ring (bicyclic) bond motifs is 1. The van der Waals surface area contributed by atoms with Crippen LogP contribution in [0.25, 0.3) is 22.5 Å². The Kier molecular flexibility index (Phi) is 5.21. The van der Waals surface area contributed by atoms with Gasteiger partial charge in [0.15, 0.2) is 11.6 Å². The topological polar surface area (TPSA) is 62.5 Å². The molecule has 1 aromatic carbocycles. The monoisotopic (exact) mass is 412 g/mol. The zero-order chi connectivity index (χ0) is 20.6. The lowest BCUT2D eigenvalue weighted by Gasteiger charge is -2.37. The predicted octanol–water partition coefficient (Wildman–Crippen LogP) is 4.63. The standard InChI is InChI=1S/C22H25ClN4O2/c1-22(2,3)14-19(28)26-8-10-27(11-9-26)21-16-7-6-15(23)13-17(16)24-20(25-21)18-5-4-12-29-18/h4-7,12-13H,8-11,14H2,1-3H3. The molecular formula is C22H25ClN4O2. The zero-order valence-electron chi connectivity index (χ0n) is 17.0. The molecular weight excluding hydrogens is 388 g/mol. The summed E-state index contributed by atoms with van der Waals surface area (Å²) >= 11 is 6.20. The molecule has 29 heavy (non-hydrogen) atoms. The molecule has 0 spiro atoms. The largest absolute Gasteiger partial charge is 0.461 e. The number of carbonyl (C=O) groups is 1. The summed E-state index contributed by atoms with van der Waals surface area (Å²) in [5, 5.41) is 1.57. The highest BCUT2D eigenvalue weighted by Gasteiger charge is 2.26. The van der Waals surface area contributed by atoms with Gasteiger partial charge in [0.2, 0.25) is 5.91 Å². The van der Waals surface area contributed by atoms with E-state index in [2.05, 4.69) is 30.7 Å². The number of carbonyl (C=O) groups excluding carboxylic acids is 1. The molecule has 1 saturated heterocycles. The van der Waals surface area contributed by atoms with Gasteiger partial charge in [0.25, 0.3) is 0 Å². The van der Waals surface area contributed by atoms with E-state index in [0.717, 1.165) is 29.8 Å². The molecule has 1 fully saturated rings. The Morgan fingerprint density at radius 2 is 1.90 bits per heavy atom. The van der Waals surface area contributed by atoms with Gasteiger partial charge in [-0.25, -0.2) is 9.97 Å². The molecule has 152 valence electrons. The summed E-state index contributed by atoms with van der Waals surface area (Å²) in [5.41, 5.74) is 0.772. The van der Waals surface area contributed by atoms with Crippen LogP contribution < -0.4 is 4.90 Å². The first-order valence-corrected chi connectivity index (χ1v) is 10.2. The number of aromatic nitrogens is 2. The molecule has 0 saturated carbocycles. The van der Waals surface area contributed by atoms with E-state index in [1.165, 1.54) is 0 Å². The van der Waals surface area contributed by atoms with Crippen LogP contribution in [-0.2, 0) is 4.79 Å². The molecule has 0 radical (unpaired) electrons. The van der Waals surface area contributed by atoms with Gasteiger partial charge >= 0.3 is 0 Å². The van der Waals surface area contributed by atoms with Crippen molar-refractivity contribution >= 4 is 34.2 Å². The number of furan rings is 1. The molecule has 0 aliphatic carbocycles. The minimum Gasteiger partial charge on any atom is -0.461 e. The number of hydrogen-bond donors (Lipinski definition) is 0. The summed E-state index contributed by atoms with van der Waals surface area (Å²) in [6.07, 6.45) is 2.17. The van der Waals surface area contributed by atoms with E-state index >= 15 is 0 Å². The van der Waals surface area contributed by atoms with Crippen LogP contribution in [0.4, 0.5) is 5.82 Å². The number of benzene rings is 1. The molecule has 0 unspecified atom stereocenters. The third-order valence-corrected chi connectivity index (χ3v) is 5.23. The molecule has 6 nitrogen and oxygen atoms in total. The number of halogens is 1. The predicted molar refractivity (Wildman–Crippen MR) is 115 cm³/mol. The summed E-state index contributed by atoms with van der Waals surface area (Å²) in [6.45, 7) is 9.10. The lowest BCUT2D eigenvalue weighted by Crippen LogP contribution is -2.49. The van der Waals surface area contributed by atoms with E-state index in [-0.39, 0.29) is 11.3 Å². The Hall–Kier alpha value is -2.60. The van der Waals surface area contributed by atoms with Crippen LogP contribution in [0.5, 0.6) is 0 Å². The lowest BCUT2D eigenvalue weighted by atomic mass is 9.91. The highest BCUT2D eigenvalue weighted by atomic mass is 35.5. The Balaban J connectivity index is 1.62. The van der Waals surface area contributed by atoms with Crippen LogP contribution >= 0.6 is 11.6 Å². The molecule has 4 rings (SSSR count). The van der Waals surface area contributed by atoms with E-state index in [9.17, 15) is 4.79 Å². The van der Waals surface area contributed by atoms with E-state index in [1.54, 1.807) is 6.26 Å². The van der Waals surface area contributed by atoms with Crippen molar-refractivity contribution in [2.75, 3.05) is 31.1 Å². The van der Waals surface area contributed by atoms with Gasteiger partial charge in [0, 0.05) is 43.0 Å². The Bertz CT molecular complexity index is 1020. The second-order valence-corrected chi connectivity index (χ2v) is 9.05. The van der Waals surface area contributed by atoms with E-state index < -0.39 is 0 Å². The van der Waals surface area contributed by atoms with Crippen molar-refractivity contribution in [3.63, 3.8) is 0 Å². The number of rotatable bonds is 3. The molecule has 0 atom stereocenters. The molecule has 0 N–H and O–H groups in total. The average molecular weight is 413 g/mol. The fraction of sp³-hybridized carbons (Fsp3) is 0.409. The van der Waals surface area contributed by atoms with Gasteiger partial charge in [-0.3, -0.25) is 4.79 Å². The summed E-state index contributed by atoms with van der Waals surface area (Å²) in [6, 6.07) is 9.32. The first-order valence-electron chi connectivity index (χ1n) is 9.84. The van der Waals surface area contributed by atoms with Crippen LogP contribution in [0.1, 0.15) is 27.2 Å². The first kappa shape index (κ1) is 19.7. The minimum absolute atomic E-state index is 0.00567. The van der Waals surface area contributed by atoms with Crippen molar-refractivity contribution in [2.45, 2.75) is 27.2 Å². The molecule has 1 aliphatic heterocycles. The van der Waals surface area contributed by atoms with Gasteiger partial charge in [-0.05, 0) is 35.7 Å². The van der Waals surface area contributed by atoms with Gasteiger partial charge in [-0.1, -0.05) is 32.4 Å². The van der Waals surface area contributed by atoms with Crippen molar-refractivity contribution in [3.8, 4) is 11.6 Å². The maximum atomic E-state index is 12.6. The van der Waals surface area contributed by atoms with Gasteiger partial charge in [0.1, 0.15) is 5.82 Å². The quantitative estimate of drug-likeness (QED) is 0.627. The Labute approximate surface area is 175 Å². The summed E-state index contributed by atoms with van der Waals surface area (Å²) in [7, 11) is 0. The van der Waals surface area contributed by atoms with Crippen LogP contribution in [-0.4, -0.2) is 47.0 Å². The molecule has 2 aromatic heterocycles. The van der Waals surface area contributed by atoms with Crippen LogP contribution in [0, 0.1) is 5.41 Å². The maximum absolute atomic E-state index is 12.6. The third-order valence-electron chi connectivity index (χ3n) is 4.99. The number of hydrogen-bond acceptors (Lipinski definition) is 5. The summed E-state index contributed by atoms with van der Waals surface area (Å²) in [4.78, 5) is 26.2. The minimum atomic E-state index is -0.00567. The van der Waals surface area contributed by atoms with Crippen molar-refractivity contribution in [2.24, 2.45) is 5.41 Å². The van der Waals surface area contributed by atoms with Crippen LogP contribution in [0.15, 0.2) is 41.0 Å². The van der Waals surface area contributed by atoms with Gasteiger partial charge in [0.05, 0.1) is 11.8 Å². The second kappa shape index (κ2) is 7.67. The molecule has 0 bridgehead atoms. The van der Waals surface area contributed by atoms with E-state index in [1.807, 2.05) is 35.2 Å². The molecule has 3 aromatic rings. The van der Waals surface area contributed by atoms with Crippen LogP contribution in [0.2, 0.25) is 5.02 Å². The number of piperazine rings is 1. The van der Waals surface area contributed by atoms with E-state index in [0.29, 0.717) is 36.1 Å². The van der Waals surface area contributed by atoms with Gasteiger partial charge in [-0.15, -0.1) is 0 Å². The number of amides is 1. The average Bonchev–Trinajstić information content (AvgIpc) is 3.20. The zero-order valence-corrected chi connectivity index (χ0v) is 17.7. The third kappa shape index (κ3) is 4.37.